The van der Waals surface area contributed by atoms with Crippen LogP contribution in [0.4, 0.5) is 23.7 Å². The summed E-state index contributed by atoms with van der Waals surface area (Å²) in [7, 11) is 1.58. The van der Waals surface area contributed by atoms with Gasteiger partial charge >= 0.3 is 12.2 Å². The fourth-order valence-corrected chi connectivity index (χ4v) is 3.12. The van der Waals surface area contributed by atoms with Crippen LogP contribution in [0.3, 0.4) is 0 Å². The molecule has 3 rings (SSSR count). The predicted octanol–water partition coefficient (Wildman–Crippen LogP) is 5.93. The van der Waals surface area contributed by atoms with Gasteiger partial charge in [0.05, 0.1) is 11.7 Å². The number of urea groups is 1. The molecular weight excluding hydrogens is 431 g/mol. The molecule has 0 spiro atoms. The number of carbonyl (C=O) groups excluding carboxylic acids is 1. The van der Waals surface area contributed by atoms with Crippen molar-refractivity contribution in [2.24, 2.45) is 0 Å². The second kappa shape index (κ2) is 9.70. The Morgan fingerprint density at radius 2 is 1.81 bits per heavy atom. The predicted molar refractivity (Wildman–Crippen MR) is 112 cm³/mol. The Kier molecular flexibility index (Phi) is 7.02. The Morgan fingerprint density at radius 3 is 2.45 bits per heavy atom. The Bertz CT molecular complexity index is 1010. The van der Waals surface area contributed by atoms with E-state index in [0.717, 1.165) is 11.1 Å². The van der Waals surface area contributed by atoms with Crippen LogP contribution in [0, 0.1) is 0 Å². The van der Waals surface area contributed by atoms with Gasteiger partial charge in [0.2, 0.25) is 0 Å². The molecule has 5 nitrogen and oxygen atoms in total. The largest absolute Gasteiger partial charge is 0.482 e. The van der Waals surface area contributed by atoms with Gasteiger partial charge in [-0.3, -0.25) is 4.98 Å². The number of carbonyl (C=O) groups is 1. The Balaban J connectivity index is 1.85. The highest BCUT2D eigenvalue weighted by Gasteiger charge is 2.29. The number of ether oxygens (including phenoxy) is 1. The third-order valence-electron chi connectivity index (χ3n) is 4.41. The summed E-state index contributed by atoms with van der Waals surface area (Å²) in [4.78, 5) is 18.6. The van der Waals surface area contributed by atoms with E-state index in [1.54, 1.807) is 55.8 Å². The van der Waals surface area contributed by atoms with Gasteiger partial charge in [-0.25, -0.2) is 4.79 Å². The summed E-state index contributed by atoms with van der Waals surface area (Å²) < 4.78 is 42.5. The van der Waals surface area contributed by atoms with Crippen LogP contribution in [-0.2, 0) is 0 Å². The van der Waals surface area contributed by atoms with Crippen LogP contribution in [-0.4, -0.2) is 35.7 Å². The fraction of sp³-hybridized carbons (Fsp3) is 0.182. The van der Waals surface area contributed by atoms with Gasteiger partial charge in [0.15, 0.2) is 6.61 Å². The van der Waals surface area contributed by atoms with Gasteiger partial charge in [-0.2, -0.15) is 13.2 Å². The van der Waals surface area contributed by atoms with Gasteiger partial charge in [-0.15, -0.1) is 0 Å². The number of halogens is 4. The number of aromatic nitrogens is 1. The number of hydrogen-bond donors (Lipinski definition) is 1. The highest BCUT2D eigenvalue weighted by molar-refractivity contribution is 6.30. The van der Waals surface area contributed by atoms with Gasteiger partial charge in [0, 0.05) is 24.5 Å². The van der Waals surface area contributed by atoms with E-state index in [-0.39, 0.29) is 11.4 Å². The van der Waals surface area contributed by atoms with E-state index in [1.165, 1.54) is 23.1 Å². The molecular formula is C22H19ClF3N3O2. The van der Waals surface area contributed by atoms with Crippen molar-refractivity contribution in [3.8, 4) is 5.75 Å². The first-order chi connectivity index (χ1) is 14.7. The zero-order valence-electron chi connectivity index (χ0n) is 16.4. The van der Waals surface area contributed by atoms with Crippen molar-refractivity contribution in [3.05, 3.63) is 89.2 Å². The molecule has 0 saturated heterocycles. The van der Waals surface area contributed by atoms with Gasteiger partial charge in [-0.1, -0.05) is 41.9 Å². The Morgan fingerprint density at radius 1 is 1.10 bits per heavy atom. The molecule has 0 aliphatic rings. The minimum atomic E-state index is -4.49. The number of rotatable bonds is 6. The summed E-state index contributed by atoms with van der Waals surface area (Å²) >= 11 is 5.99. The van der Waals surface area contributed by atoms with E-state index in [0.29, 0.717) is 5.02 Å². The number of nitrogens with zero attached hydrogens (tertiary/aromatic N) is 2. The molecule has 0 saturated carbocycles. The van der Waals surface area contributed by atoms with Crippen LogP contribution in [0.15, 0.2) is 73.1 Å². The Hall–Kier alpha value is -3.26. The molecule has 3 aromatic rings. The number of hydrogen-bond acceptors (Lipinski definition) is 3. The molecule has 0 aliphatic heterocycles. The molecule has 1 atom stereocenters. The van der Waals surface area contributed by atoms with Crippen molar-refractivity contribution in [1.29, 1.82) is 0 Å². The van der Waals surface area contributed by atoms with Crippen LogP contribution in [0.5, 0.6) is 5.75 Å². The van der Waals surface area contributed by atoms with Crippen LogP contribution in [0.25, 0.3) is 0 Å². The van der Waals surface area contributed by atoms with E-state index in [9.17, 15) is 18.0 Å². The monoisotopic (exact) mass is 449 g/mol. The zero-order valence-corrected chi connectivity index (χ0v) is 17.2. The number of pyridine rings is 1. The lowest BCUT2D eigenvalue weighted by atomic mass is 9.99. The van der Waals surface area contributed by atoms with Crippen LogP contribution >= 0.6 is 11.6 Å². The topological polar surface area (TPSA) is 54.5 Å². The van der Waals surface area contributed by atoms with Crippen molar-refractivity contribution < 1.29 is 22.7 Å². The number of amides is 2. The first-order valence-electron chi connectivity index (χ1n) is 9.22. The SMILES string of the molecule is CN(C(=O)Nc1ccccc1OCC(F)(F)F)C(c1ccc(Cl)cc1)c1cccnc1. The minimum Gasteiger partial charge on any atom is -0.482 e. The van der Waals surface area contributed by atoms with Gasteiger partial charge < -0.3 is 15.0 Å². The number of benzene rings is 2. The number of alkyl halides is 3. The summed E-state index contributed by atoms with van der Waals surface area (Å²) in [5.41, 5.74) is 1.67. The maximum absolute atomic E-state index is 13.0. The molecule has 0 aliphatic carbocycles. The average Bonchev–Trinajstić information content (AvgIpc) is 2.75. The van der Waals surface area contributed by atoms with Gasteiger partial charge in [-0.05, 0) is 41.5 Å². The van der Waals surface area contributed by atoms with Crippen molar-refractivity contribution in [3.63, 3.8) is 0 Å². The molecule has 1 N–H and O–H groups in total. The quantitative estimate of drug-likeness (QED) is 0.507. The second-order valence-electron chi connectivity index (χ2n) is 6.68. The van der Waals surface area contributed by atoms with E-state index in [4.69, 9.17) is 16.3 Å². The van der Waals surface area contributed by atoms with Crippen LogP contribution in [0.1, 0.15) is 17.2 Å². The summed E-state index contributed by atoms with van der Waals surface area (Å²) in [5, 5.41) is 3.18. The van der Waals surface area contributed by atoms with Crippen molar-refractivity contribution in [2.45, 2.75) is 12.2 Å². The van der Waals surface area contributed by atoms with E-state index < -0.39 is 24.9 Å². The molecule has 1 unspecified atom stereocenters. The lowest BCUT2D eigenvalue weighted by molar-refractivity contribution is -0.153. The highest BCUT2D eigenvalue weighted by Crippen LogP contribution is 2.31. The molecule has 0 fully saturated rings. The normalized spacial score (nSPS) is 12.2. The highest BCUT2D eigenvalue weighted by atomic mass is 35.5. The van der Waals surface area contributed by atoms with Crippen molar-refractivity contribution >= 4 is 23.3 Å². The Labute approximate surface area is 182 Å². The first kappa shape index (κ1) is 22.4. The third kappa shape index (κ3) is 6.11. The first-order valence-corrected chi connectivity index (χ1v) is 9.60. The maximum Gasteiger partial charge on any atom is 0.422 e. The standard InChI is InChI=1S/C22H19ClF3N3O2/c1-29(20(16-5-4-12-27-13-16)15-8-10-17(23)11-9-15)21(30)28-18-6-2-3-7-19(18)31-14-22(24,25)26/h2-13,20H,14H2,1H3,(H,28,30). The van der Waals surface area contributed by atoms with Crippen molar-refractivity contribution in [1.82, 2.24) is 9.88 Å². The maximum atomic E-state index is 13.0. The molecule has 0 bridgehead atoms. The van der Waals surface area contributed by atoms with Crippen molar-refractivity contribution in [2.75, 3.05) is 19.0 Å². The minimum absolute atomic E-state index is 0.0778. The van der Waals surface area contributed by atoms with Gasteiger partial charge in [0.25, 0.3) is 0 Å². The van der Waals surface area contributed by atoms with Crippen LogP contribution < -0.4 is 10.1 Å². The molecule has 162 valence electrons. The summed E-state index contributed by atoms with van der Waals surface area (Å²) in [6.45, 7) is -1.46. The third-order valence-corrected chi connectivity index (χ3v) is 4.67. The van der Waals surface area contributed by atoms with Crippen LogP contribution in [0.2, 0.25) is 5.02 Å². The molecule has 31 heavy (non-hydrogen) atoms. The summed E-state index contributed by atoms with van der Waals surface area (Å²) in [5.74, 6) is -0.0778. The molecule has 1 heterocycles. The second-order valence-corrected chi connectivity index (χ2v) is 7.12. The molecule has 1 aromatic heterocycles. The zero-order chi connectivity index (χ0) is 22.4. The summed E-state index contributed by atoms with van der Waals surface area (Å²) in [6.07, 6.45) is -1.23. The average molecular weight is 450 g/mol. The molecule has 0 radical (unpaired) electrons. The smallest absolute Gasteiger partial charge is 0.422 e. The number of para-hydroxylation sites is 2. The fourth-order valence-electron chi connectivity index (χ4n) is 3.00. The van der Waals surface area contributed by atoms with E-state index in [2.05, 4.69) is 10.3 Å². The lowest BCUT2D eigenvalue weighted by Gasteiger charge is -2.29. The number of nitrogens with one attached hydrogen (secondary N) is 1. The lowest BCUT2D eigenvalue weighted by Crippen LogP contribution is -2.35. The molecule has 2 aromatic carbocycles. The summed E-state index contributed by atoms with van der Waals surface area (Å²) in [6, 6.07) is 15.5. The van der Waals surface area contributed by atoms with E-state index in [1.807, 2.05) is 6.07 Å². The number of anilines is 1. The molecule has 9 heteroatoms. The van der Waals surface area contributed by atoms with Gasteiger partial charge in [0.1, 0.15) is 5.75 Å². The van der Waals surface area contributed by atoms with E-state index >= 15 is 0 Å². The molecule has 2 amide bonds.